The van der Waals surface area contributed by atoms with Crippen molar-refractivity contribution in [2.75, 3.05) is 0 Å². The molecule has 3 rings (SSSR count). The highest BCUT2D eigenvalue weighted by molar-refractivity contribution is 6.07. The summed E-state index contributed by atoms with van der Waals surface area (Å²) in [5, 5.41) is 10.9. The predicted octanol–water partition coefficient (Wildman–Crippen LogP) is 3.40. The SMILES string of the molecule is N#Cc1nc2cccc(F)c2c2ccccc12. The molecule has 3 aromatic rings. The van der Waals surface area contributed by atoms with Gasteiger partial charge in [-0.2, -0.15) is 5.26 Å². The molecule has 0 N–H and O–H groups in total. The maximum atomic E-state index is 13.8. The lowest BCUT2D eigenvalue weighted by molar-refractivity contribution is 0.640. The van der Waals surface area contributed by atoms with Gasteiger partial charge in [0.2, 0.25) is 0 Å². The highest BCUT2D eigenvalue weighted by Crippen LogP contribution is 2.27. The fourth-order valence-corrected chi connectivity index (χ4v) is 2.05. The molecule has 1 heterocycles. The van der Waals surface area contributed by atoms with Gasteiger partial charge in [0.05, 0.1) is 5.52 Å². The molecule has 0 atom stereocenters. The van der Waals surface area contributed by atoms with Gasteiger partial charge < -0.3 is 0 Å². The summed E-state index contributed by atoms with van der Waals surface area (Å²) in [5.41, 5.74) is 0.846. The lowest BCUT2D eigenvalue weighted by Gasteiger charge is -2.05. The molecule has 1 aromatic heterocycles. The van der Waals surface area contributed by atoms with Crippen LogP contribution in [0.4, 0.5) is 4.39 Å². The molecular formula is C14H7FN2. The minimum Gasteiger partial charge on any atom is -0.236 e. The summed E-state index contributed by atoms with van der Waals surface area (Å²) in [6.45, 7) is 0. The highest BCUT2D eigenvalue weighted by Gasteiger charge is 2.10. The second-order valence-electron chi connectivity index (χ2n) is 3.75. The zero-order chi connectivity index (χ0) is 11.8. The van der Waals surface area contributed by atoms with Gasteiger partial charge >= 0.3 is 0 Å². The van der Waals surface area contributed by atoms with Crippen LogP contribution in [-0.4, -0.2) is 4.98 Å². The topological polar surface area (TPSA) is 36.7 Å². The third kappa shape index (κ3) is 1.35. The number of nitrogens with zero attached hydrogens (tertiary/aromatic N) is 2. The first-order valence-corrected chi connectivity index (χ1v) is 5.18. The molecule has 2 aromatic carbocycles. The third-order valence-electron chi connectivity index (χ3n) is 2.78. The van der Waals surface area contributed by atoms with Crippen LogP contribution < -0.4 is 0 Å². The maximum absolute atomic E-state index is 13.8. The van der Waals surface area contributed by atoms with Crippen molar-refractivity contribution in [2.24, 2.45) is 0 Å². The van der Waals surface area contributed by atoms with Crippen LogP contribution >= 0.6 is 0 Å². The Morgan fingerprint density at radius 2 is 1.76 bits per heavy atom. The quantitative estimate of drug-likeness (QED) is 0.546. The summed E-state index contributed by atoms with van der Waals surface area (Å²) < 4.78 is 13.8. The molecule has 0 unspecified atom stereocenters. The van der Waals surface area contributed by atoms with Gasteiger partial charge in [-0.15, -0.1) is 0 Å². The molecule has 0 fully saturated rings. The molecule has 0 spiro atoms. The number of aromatic nitrogens is 1. The van der Waals surface area contributed by atoms with E-state index in [1.54, 1.807) is 18.2 Å². The summed E-state index contributed by atoms with van der Waals surface area (Å²) in [5.74, 6) is -0.310. The van der Waals surface area contributed by atoms with Gasteiger partial charge in [-0.1, -0.05) is 30.3 Å². The second kappa shape index (κ2) is 3.53. The zero-order valence-electron chi connectivity index (χ0n) is 8.81. The summed E-state index contributed by atoms with van der Waals surface area (Å²) >= 11 is 0. The van der Waals surface area contributed by atoms with E-state index in [1.165, 1.54) is 6.07 Å². The summed E-state index contributed by atoms with van der Waals surface area (Å²) in [4.78, 5) is 4.18. The van der Waals surface area contributed by atoms with E-state index in [4.69, 9.17) is 5.26 Å². The predicted molar refractivity (Wildman–Crippen MR) is 63.9 cm³/mol. The average Bonchev–Trinajstić information content (AvgIpc) is 2.37. The molecule has 0 radical (unpaired) electrons. The van der Waals surface area contributed by atoms with Gasteiger partial charge in [-0.3, -0.25) is 0 Å². The monoisotopic (exact) mass is 222 g/mol. The van der Waals surface area contributed by atoms with E-state index in [-0.39, 0.29) is 5.82 Å². The van der Waals surface area contributed by atoms with Gasteiger partial charge in [-0.05, 0) is 17.5 Å². The molecule has 0 saturated heterocycles. The largest absolute Gasteiger partial charge is 0.236 e. The average molecular weight is 222 g/mol. The number of rotatable bonds is 0. The molecule has 0 aliphatic heterocycles. The van der Waals surface area contributed by atoms with E-state index >= 15 is 0 Å². The first-order valence-electron chi connectivity index (χ1n) is 5.18. The van der Waals surface area contributed by atoms with Crippen LogP contribution in [0, 0.1) is 17.1 Å². The lowest BCUT2D eigenvalue weighted by atomic mass is 10.0. The van der Waals surface area contributed by atoms with Crippen molar-refractivity contribution in [3.05, 3.63) is 54.0 Å². The van der Waals surface area contributed by atoms with Crippen molar-refractivity contribution in [2.45, 2.75) is 0 Å². The van der Waals surface area contributed by atoms with Crippen molar-refractivity contribution >= 4 is 21.7 Å². The Morgan fingerprint density at radius 3 is 2.53 bits per heavy atom. The van der Waals surface area contributed by atoms with E-state index in [0.717, 1.165) is 5.39 Å². The van der Waals surface area contributed by atoms with Crippen molar-refractivity contribution in [1.82, 2.24) is 4.98 Å². The minimum absolute atomic E-state index is 0.310. The Morgan fingerprint density at radius 1 is 1.00 bits per heavy atom. The fourth-order valence-electron chi connectivity index (χ4n) is 2.05. The Balaban J connectivity index is 2.67. The first-order chi connectivity index (χ1) is 8.31. The van der Waals surface area contributed by atoms with Crippen molar-refractivity contribution < 1.29 is 4.39 Å². The normalized spacial score (nSPS) is 10.6. The molecule has 17 heavy (non-hydrogen) atoms. The zero-order valence-corrected chi connectivity index (χ0v) is 8.81. The Bertz CT molecular complexity index is 772. The van der Waals surface area contributed by atoms with E-state index in [9.17, 15) is 4.39 Å². The summed E-state index contributed by atoms with van der Waals surface area (Å²) in [6.07, 6.45) is 0. The number of hydrogen-bond donors (Lipinski definition) is 0. The fraction of sp³-hybridized carbons (Fsp3) is 0. The molecule has 0 aliphatic carbocycles. The van der Waals surface area contributed by atoms with Gasteiger partial charge in [0, 0.05) is 10.8 Å². The molecular weight excluding hydrogens is 215 g/mol. The number of fused-ring (bicyclic) bond motifs is 3. The van der Waals surface area contributed by atoms with E-state index in [0.29, 0.717) is 22.0 Å². The Hall–Kier alpha value is -2.47. The smallest absolute Gasteiger partial charge is 0.149 e. The summed E-state index contributed by atoms with van der Waals surface area (Å²) in [6, 6.07) is 14.0. The highest BCUT2D eigenvalue weighted by atomic mass is 19.1. The number of nitriles is 1. The molecule has 0 amide bonds. The van der Waals surface area contributed by atoms with Crippen molar-refractivity contribution in [3.63, 3.8) is 0 Å². The van der Waals surface area contributed by atoms with Gasteiger partial charge in [0.1, 0.15) is 17.6 Å². The van der Waals surface area contributed by atoms with Crippen LogP contribution in [0.15, 0.2) is 42.5 Å². The van der Waals surface area contributed by atoms with E-state index in [1.807, 2.05) is 24.3 Å². The van der Waals surface area contributed by atoms with Crippen LogP contribution in [0.3, 0.4) is 0 Å². The molecule has 80 valence electrons. The van der Waals surface area contributed by atoms with Crippen LogP contribution in [0.2, 0.25) is 0 Å². The van der Waals surface area contributed by atoms with E-state index in [2.05, 4.69) is 4.98 Å². The van der Waals surface area contributed by atoms with Crippen molar-refractivity contribution in [1.29, 1.82) is 5.26 Å². The Labute approximate surface area is 96.9 Å². The van der Waals surface area contributed by atoms with Crippen LogP contribution in [0.25, 0.3) is 21.7 Å². The molecule has 0 saturated carbocycles. The van der Waals surface area contributed by atoms with Gasteiger partial charge in [-0.25, -0.2) is 9.37 Å². The summed E-state index contributed by atoms with van der Waals surface area (Å²) in [7, 11) is 0. The molecule has 3 heteroatoms. The lowest BCUT2D eigenvalue weighted by Crippen LogP contribution is -1.90. The molecule has 2 nitrogen and oxygen atoms in total. The standard InChI is InChI=1S/C14H7FN2/c15-11-6-3-7-12-14(11)10-5-2-1-4-9(10)13(8-16)17-12/h1-7H. The van der Waals surface area contributed by atoms with Gasteiger partial charge in [0.25, 0.3) is 0 Å². The minimum atomic E-state index is -0.310. The van der Waals surface area contributed by atoms with Crippen LogP contribution in [-0.2, 0) is 0 Å². The van der Waals surface area contributed by atoms with Crippen LogP contribution in [0.5, 0.6) is 0 Å². The first kappa shape index (κ1) is 9.73. The number of halogens is 1. The number of pyridine rings is 1. The third-order valence-corrected chi connectivity index (χ3v) is 2.78. The maximum Gasteiger partial charge on any atom is 0.149 e. The second-order valence-corrected chi connectivity index (χ2v) is 3.75. The molecule has 0 aliphatic rings. The van der Waals surface area contributed by atoms with Gasteiger partial charge in [0.15, 0.2) is 0 Å². The van der Waals surface area contributed by atoms with E-state index < -0.39 is 0 Å². The molecule has 0 bridgehead atoms. The van der Waals surface area contributed by atoms with Crippen molar-refractivity contribution in [3.8, 4) is 6.07 Å². The number of benzene rings is 2. The Kier molecular flexibility index (Phi) is 2.02. The number of hydrogen-bond acceptors (Lipinski definition) is 2. The van der Waals surface area contributed by atoms with Crippen LogP contribution in [0.1, 0.15) is 5.69 Å².